The molecule has 0 radical (unpaired) electrons. The predicted molar refractivity (Wildman–Crippen MR) is 71.6 cm³/mol. The number of carbonyl (C=O) groups excluding carboxylic acids is 1. The van der Waals surface area contributed by atoms with Crippen molar-refractivity contribution in [2.24, 2.45) is 0 Å². The number of halogens is 1. The van der Waals surface area contributed by atoms with E-state index < -0.39 is 11.7 Å². The summed E-state index contributed by atoms with van der Waals surface area (Å²) in [5.41, 5.74) is 0.649. The monoisotopic (exact) mass is 266 g/mol. The van der Waals surface area contributed by atoms with Crippen molar-refractivity contribution < 1.29 is 9.53 Å². The predicted octanol–water partition coefficient (Wildman–Crippen LogP) is 4.11. The Morgan fingerprint density at radius 1 is 1.50 bits per heavy atom. The van der Waals surface area contributed by atoms with E-state index in [-0.39, 0.29) is 6.54 Å². The fourth-order valence-corrected chi connectivity index (χ4v) is 1.47. The highest BCUT2D eigenvalue weighted by atomic mass is 35.5. The topological polar surface area (TPSA) is 42.7 Å². The van der Waals surface area contributed by atoms with E-state index in [0.717, 1.165) is 0 Å². The molecule has 1 aromatic rings. The van der Waals surface area contributed by atoms with Gasteiger partial charge in [0, 0.05) is 5.02 Å². The summed E-state index contributed by atoms with van der Waals surface area (Å²) >= 11 is 5.86. The number of nitrogens with zero attached hydrogens (tertiary/aromatic N) is 1. The average molecular weight is 267 g/mol. The van der Waals surface area contributed by atoms with Crippen molar-refractivity contribution in [2.75, 3.05) is 5.32 Å². The first-order valence-electron chi connectivity index (χ1n) is 5.43. The molecule has 0 bridgehead atoms. The number of carbonyl (C=O) groups is 1. The number of anilines is 1. The van der Waals surface area contributed by atoms with Gasteiger partial charge in [0.1, 0.15) is 5.60 Å². The summed E-state index contributed by atoms with van der Waals surface area (Å²) in [6, 6.07) is 5.00. The Balaban J connectivity index is 2.86. The lowest BCUT2D eigenvalue weighted by molar-refractivity contribution is 0.0636. The first-order valence-corrected chi connectivity index (χ1v) is 5.81. The summed E-state index contributed by atoms with van der Waals surface area (Å²) in [7, 11) is 0. The molecule has 0 saturated carbocycles. The maximum Gasteiger partial charge on any atom is 0.412 e. The molecule has 0 aliphatic heterocycles. The Labute approximate surface area is 112 Å². The maximum absolute atomic E-state index is 11.6. The molecule has 0 aliphatic rings. The first kappa shape index (κ1) is 14.3. The molecule has 0 aliphatic carbocycles. The zero-order valence-corrected chi connectivity index (χ0v) is 11.3. The van der Waals surface area contributed by atoms with Gasteiger partial charge in [-0.3, -0.25) is 5.32 Å². The number of ether oxygens (including phenoxy) is 1. The van der Waals surface area contributed by atoms with Gasteiger partial charge in [-0.25, -0.2) is 11.4 Å². The van der Waals surface area contributed by atoms with Crippen LogP contribution in [0.2, 0.25) is 5.02 Å². The van der Waals surface area contributed by atoms with Crippen LogP contribution < -0.4 is 5.32 Å². The molecule has 18 heavy (non-hydrogen) atoms. The third-order valence-corrected chi connectivity index (χ3v) is 2.19. The third kappa shape index (κ3) is 4.64. The molecule has 96 valence electrons. The second kappa shape index (κ2) is 5.74. The van der Waals surface area contributed by atoms with Crippen molar-refractivity contribution in [2.45, 2.75) is 32.9 Å². The molecule has 4 nitrogen and oxygen atoms in total. The molecule has 1 rings (SSSR count). The number of hydrogen-bond donors (Lipinski definition) is 1. The summed E-state index contributed by atoms with van der Waals surface area (Å²) in [6.45, 7) is 12.4. The normalized spacial score (nSPS) is 10.6. The van der Waals surface area contributed by atoms with Gasteiger partial charge >= 0.3 is 6.09 Å². The molecule has 0 atom stereocenters. The van der Waals surface area contributed by atoms with E-state index >= 15 is 0 Å². The van der Waals surface area contributed by atoms with E-state index in [2.05, 4.69) is 10.2 Å². The molecule has 1 amide bonds. The lowest BCUT2D eigenvalue weighted by atomic mass is 10.2. The van der Waals surface area contributed by atoms with Gasteiger partial charge in [0.2, 0.25) is 6.54 Å². The Bertz CT molecular complexity index is 487. The van der Waals surface area contributed by atoms with Crippen molar-refractivity contribution in [1.29, 1.82) is 0 Å². The number of hydrogen-bond acceptors (Lipinski definition) is 2. The number of nitrogens with one attached hydrogen (secondary N) is 1. The van der Waals surface area contributed by atoms with Crippen LogP contribution >= 0.6 is 11.6 Å². The van der Waals surface area contributed by atoms with E-state index in [0.29, 0.717) is 16.3 Å². The summed E-state index contributed by atoms with van der Waals surface area (Å²) in [5, 5.41) is 3.10. The minimum atomic E-state index is -0.567. The molecule has 5 heteroatoms. The Morgan fingerprint density at radius 3 is 2.72 bits per heavy atom. The van der Waals surface area contributed by atoms with Gasteiger partial charge in [-0.1, -0.05) is 11.6 Å². The molecule has 1 aromatic carbocycles. The fourth-order valence-electron chi connectivity index (χ4n) is 1.30. The van der Waals surface area contributed by atoms with Crippen molar-refractivity contribution >= 4 is 23.4 Å². The van der Waals surface area contributed by atoms with Crippen molar-refractivity contribution in [3.05, 3.63) is 40.2 Å². The highest BCUT2D eigenvalue weighted by Crippen LogP contribution is 2.22. The highest BCUT2D eigenvalue weighted by Gasteiger charge is 2.17. The molecule has 0 aromatic heterocycles. The summed E-state index contributed by atoms with van der Waals surface area (Å²) in [6.07, 6.45) is -0.559. The summed E-state index contributed by atoms with van der Waals surface area (Å²) < 4.78 is 5.14. The summed E-state index contributed by atoms with van der Waals surface area (Å²) in [4.78, 5) is 14.9. The van der Waals surface area contributed by atoms with Crippen LogP contribution in [-0.2, 0) is 11.3 Å². The van der Waals surface area contributed by atoms with Gasteiger partial charge in [-0.2, -0.15) is 0 Å². The van der Waals surface area contributed by atoms with Gasteiger partial charge < -0.3 is 9.58 Å². The van der Waals surface area contributed by atoms with Crippen molar-refractivity contribution in [1.82, 2.24) is 0 Å². The smallest absolute Gasteiger partial charge is 0.412 e. The van der Waals surface area contributed by atoms with E-state index in [9.17, 15) is 4.79 Å². The van der Waals surface area contributed by atoms with Crippen LogP contribution in [0.3, 0.4) is 0 Å². The fraction of sp³-hybridized carbons (Fsp3) is 0.385. The standard InChI is InChI=1S/C13H15ClN2O2/c1-13(2,3)18-12(17)16-11-7-10(14)6-5-9(11)8-15-4/h5-7H,8H2,1-3H3,(H,16,17). The van der Waals surface area contributed by atoms with E-state index in [1.807, 2.05) is 0 Å². The van der Waals surface area contributed by atoms with Gasteiger partial charge in [0.05, 0.1) is 11.3 Å². The minimum Gasteiger partial charge on any atom is -0.444 e. The molecule has 0 unspecified atom stereocenters. The van der Waals surface area contributed by atoms with Crippen molar-refractivity contribution in [3.8, 4) is 0 Å². The molecule has 1 N–H and O–H groups in total. The van der Waals surface area contributed by atoms with Crippen molar-refractivity contribution in [3.63, 3.8) is 0 Å². The second-order valence-corrected chi connectivity index (χ2v) is 5.18. The largest absolute Gasteiger partial charge is 0.444 e. The van der Waals surface area contributed by atoms with Crippen LogP contribution in [0.15, 0.2) is 18.2 Å². The highest BCUT2D eigenvalue weighted by molar-refractivity contribution is 6.31. The van der Waals surface area contributed by atoms with E-state index in [1.165, 1.54) is 0 Å². The molecule has 0 heterocycles. The number of amides is 1. The average Bonchev–Trinajstić information content (AvgIpc) is 2.19. The first-order chi connectivity index (χ1) is 8.31. The van der Waals surface area contributed by atoms with Gasteiger partial charge in [0.15, 0.2) is 0 Å². The third-order valence-electron chi connectivity index (χ3n) is 1.96. The van der Waals surface area contributed by atoms with Crippen LogP contribution in [0.4, 0.5) is 10.5 Å². The van der Waals surface area contributed by atoms with E-state index in [4.69, 9.17) is 22.9 Å². The van der Waals surface area contributed by atoms with Crippen LogP contribution in [0.5, 0.6) is 0 Å². The zero-order valence-electron chi connectivity index (χ0n) is 10.6. The minimum absolute atomic E-state index is 0.183. The quantitative estimate of drug-likeness (QED) is 0.819. The number of rotatable bonds is 2. The van der Waals surface area contributed by atoms with Gasteiger partial charge in [-0.05, 0) is 39.0 Å². The molecular formula is C13H15ClN2O2. The Morgan fingerprint density at radius 2 is 2.17 bits per heavy atom. The zero-order chi connectivity index (χ0) is 13.8. The Hall–Kier alpha value is -1.73. The maximum atomic E-state index is 11.6. The Kier molecular flexibility index (Phi) is 4.57. The lowest BCUT2D eigenvalue weighted by Crippen LogP contribution is -2.27. The van der Waals surface area contributed by atoms with Crippen LogP contribution in [0, 0.1) is 6.57 Å². The number of benzene rings is 1. The van der Waals surface area contributed by atoms with Gasteiger partial charge in [-0.15, -0.1) is 0 Å². The van der Waals surface area contributed by atoms with Crippen LogP contribution in [0.1, 0.15) is 26.3 Å². The molecule has 0 saturated heterocycles. The second-order valence-electron chi connectivity index (χ2n) is 4.74. The van der Waals surface area contributed by atoms with Crippen LogP contribution in [-0.4, -0.2) is 11.7 Å². The molecule has 0 fully saturated rings. The summed E-state index contributed by atoms with van der Waals surface area (Å²) in [5.74, 6) is 0. The van der Waals surface area contributed by atoms with E-state index in [1.54, 1.807) is 39.0 Å². The molecule has 0 spiro atoms. The molecular weight excluding hydrogens is 252 g/mol. The van der Waals surface area contributed by atoms with Crippen LogP contribution in [0.25, 0.3) is 4.85 Å². The van der Waals surface area contributed by atoms with Gasteiger partial charge in [0.25, 0.3) is 0 Å². The lowest BCUT2D eigenvalue weighted by Gasteiger charge is -2.20. The SMILES string of the molecule is [C-]#[N+]Cc1ccc(Cl)cc1NC(=O)OC(C)(C)C.